The van der Waals surface area contributed by atoms with Gasteiger partial charge in [0.15, 0.2) is 5.16 Å². The van der Waals surface area contributed by atoms with Gasteiger partial charge in [0.25, 0.3) is 5.56 Å². The van der Waals surface area contributed by atoms with E-state index < -0.39 is 0 Å². The summed E-state index contributed by atoms with van der Waals surface area (Å²) in [6.07, 6.45) is 4.53. The Kier molecular flexibility index (Phi) is 4.71. The second-order valence-electron chi connectivity index (χ2n) is 6.12. The summed E-state index contributed by atoms with van der Waals surface area (Å²) in [6, 6.07) is 5.97. The molecule has 0 radical (unpaired) electrons. The molecule has 6 heteroatoms. The maximum Gasteiger partial charge on any atom is 0.261 e. The number of thioether (sulfide) groups is 1. The average Bonchev–Trinajstić information content (AvgIpc) is 3.03. The van der Waals surface area contributed by atoms with E-state index in [1.54, 1.807) is 7.05 Å². The van der Waals surface area contributed by atoms with Crippen LogP contribution in [0.25, 0.3) is 10.9 Å². The van der Waals surface area contributed by atoms with Gasteiger partial charge in [0.2, 0.25) is 5.91 Å². The number of aryl methyl sites for hydroxylation is 1. The molecular formula is C17H21N3O2S. The molecule has 1 aliphatic carbocycles. The van der Waals surface area contributed by atoms with Crippen molar-refractivity contribution in [2.75, 3.05) is 5.75 Å². The Bertz CT molecular complexity index is 794. The van der Waals surface area contributed by atoms with Crippen LogP contribution in [0.5, 0.6) is 0 Å². The van der Waals surface area contributed by atoms with Crippen molar-refractivity contribution >= 4 is 28.6 Å². The first-order chi connectivity index (χ1) is 11.0. The average molecular weight is 331 g/mol. The molecular weight excluding hydrogens is 310 g/mol. The zero-order chi connectivity index (χ0) is 16.4. The second kappa shape index (κ2) is 6.74. The van der Waals surface area contributed by atoms with E-state index in [1.165, 1.54) is 29.2 Å². The Morgan fingerprint density at radius 3 is 2.87 bits per heavy atom. The number of rotatable bonds is 4. The van der Waals surface area contributed by atoms with Crippen LogP contribution in [0.1, 0.15) is 31.2 Å². The molecule has 0 saturated heterocycles. The molecule has 0 atom stereocenters. The van der Waals surface area contributed by atoms with E-state index in [1.807, 2.05) is 25.1 Å². The fourth-order valence-corrected chi connectivity index (χ4v) is 3.75. The van der Waals surface area contributed by atoms with Gasteiger partial charge in [-0.2, -0.15) is 0 Å². The van der Waals surface area contributed by atoms with Crippen molar-refractivity contribution < 1.29 is 4.79 Å². The van der Waals surface area contributed by atoms with Gasteiger partial charge in [0, 0.05) is 13.1 Å². The minimum Gasteiger partial charge on any atom is -0.353 e. The Hall–Kier alpha value is -1.82. The van der Waals surface area contributed by atoms with E-state index in [0.29, 0.717) is 22.1 Å². The van der Waals surface area contributed by atoms with E-state index >= 15 is 0 Å². The topological polar surface area (TPSA) is 64.0 Å². The van der Waals surface area contributed by atoms with Crippen molar-refractivity contribution in [1.82, 2.24) is 14.9 Å². The van der Waals surface area contributed by atoms with Gasteiger partial charge in [-0.15, -0.1) is 0 Å². The number of hydrogen-bond acceptors (Lipinski definition) is 4. The first-order valence-corrected chi connectivity index (χ1v) is 8.93. The summed E-state index contributed by atoms with van der Waals surface area (Å²) in [5.41, 5.74) is 1.64. The summed E-state index contributed by atoms with van der Waals surface area (Å²) in [7, 11) is 1.70. The summed E-state index contributed by atoms with van der Waals surface area (Å²) in [5, 5.41) is 4.25. The number of nitrogens with zero attached hydrogens (tertiary/aromatic N) is 2. The molecule has 23 heavy (non-hydrogen) atoms. The molecule has 1 aromatic carbocycles. The normalized spacial score (nSPS) is 15.2. The fraction of sp³-hybridized carbons (Fsp3) is 0.471. The van der Waals surface area contributed by atoms with Crippen molar-refractivity contribution in [3.8, 4) is 0 Å². The predicted octanol–water partition coefficient (Wildman–Crippen LogP) is 2.39. The van der Waals surface area contributed by atoms with Crippen LogP contribution in [-0.2, 0) is 11.8 Å². The third kappa shape index (κ3) is 3.58. The summed E-state index contributed by atoms with van der Waals surface area (Å²) in [6.45, 7) is 1.95. The monoisotopic (exact) mass is 331 g/mol. The Morgan fingerprint density at radius 1 is 1.39 bits per heavy atom. The summed E-state index contributed by atoms with van der Waals surface area (Å²) < 4.78 is 1.52. The van der Waals surface area contributed by atoms with Gasteiger partial charge in [-0.3, -0.25) is 14.2 Å². The Morgan fingerprint density at radius 2 is 2.13 bits per heavy atom. The standard InChI is InChI=1S/C17H21N3O2S/c1-11-7-8-14-13(9-11)16(22)20(2)17(19-14)23-10-15(21)18-12-5-3-4-6-12/h7-9,12H,3-6,10H2,1-2H3,(H,18,21). The molecule has 1 saturated carbocycles. The molecule has 0 spiro atoms. The van der Waals surface area contributed by atoms with Crippen LogP contribution in [0.2, 0.25) is 0 Å². The highest BCUT2D eigenvalue weighted by Crippen LogP contribution is 2.20. The number of amides is 1. The maximum atomic E-state index is 12.4. The van der Waals surface area contributed by atoms with Gasteiger partial charge in [-0.05, 0) is 31.9 Å². The fourth-order valence-electron chi connectivity index (χ4n) is 2.96. The quantitative estimate of drug-likeness (QED) is 0.690. The molecule has 0 unspecified atom stereocenters. The van der Waals surface area contributed by atoms with Crippen molar-refractivity contribution in [3.63, 3.8) is 0 Å². The van der Waals surface area contributed by atoms with Crippen molar-refractivity contribution in [2.45, 2.75) is 43.8 Å². The molecule has 1 fully saturated rings. The Balaban J connectivity index is 1.75. The second-order valence-corrected chi connectivity index (χ2v) is 7.06. The lowest BCUT2D eigenvalue weighted by molar-refractivity contribution is -0.119. The minimum absolute atomic E-state index is 0.0140. The largest absolute Gasteiger partial charge is 0.353 e. The van der Waals surface area contributed by atoms with Crippen molar-refractivity contribution in [1.29, 1.82) is 0 Å². The van der Waals surface area contributed by atoms with Crippen LogP contribution < -0.4 is 10.9 Å². The van der Waals surface area contributed by atoms with Gasteiger partial charge >= 0.3 is 0 Å². The van der Waals surface area contributed by atoms with Gasteiger partial charge in [0.05, 0.1) is 16.7 Å². The third-order valence-electron chi connectivity index (χ3n) is 4.24. The zero-order valence-electron chi connectivity index (χ0n) is 13.5. The summed E-state index contributed by atoms with van der Waals surface area (Å²) in [4.78, 5) is 29.0. The lowest BCUT2D eigenvalue weighted by Crippen LogP contribution is -2.34. The first-order valence-electron chi connectivity index (χ1n) is 7.94. The van der Waals surface area contributed by atoms with Crippen LogP contribution in [-0.4, -0.2) is 27.3 Å². The number of benzene rings is 1. The minimum atomic E-state index is -0.0719. The highest BCUT2D eigenvalue weighted by atomic mass is 32.2. The molecule has 1 amide bonds. The van der Waals surface area contributed by atoms with E-state index in [0.717, 1.165) is 18.4 Å². The molecule has 122 valence electrons. The number of carbonyl (C=O) groups is 1. The molecule has 1 aromatic heterocycles. The molecule has 0 aliphatic heterocycles. The first kappa shape index (κ1) is 16.1. The van der Waals surface area contributed by atoms with Gasteiger partial charge < -0.3 is 5.32 Å². The predicted molar refractivity (Wildman–Crippen MR) is 92.8 cm³/mol. The summed E-state index contributed by atoms with van der Waals surface area (Å²) in [5.74, 6) is 0.300. The Labute approximate surface area is 139 Å². The molecule has 2 aromatic rings. The van der Waals surface area contributed by atoms with E-state index in [4.69, 9.17) is 0 Å². The summed E-state index contributed by atoms with van der Waals surface area (Å²) >= 11 is 1.31. The highest BCUT2D eigenvalue weighted by Gasteiger charge is 2.17. The smallest absolute Gasteiger partial charge is 0.261 e. The number of fused-ring (bicyclic) bond motifs is 1. The number of hydrogen-bond donors (Lipinski definition) is 1. The zero-order valence-corrected chi connectivity index (χ0v) is 14.3. The van der Waals surface area contributed by atoms with Crippen LogP contribution >= 0.6 is 11.8 Å². The van der Waals surface area contributed by atoms with E-state index in [9.17, 15) is 9.59 Å². The highest BCUT2D eigenvalue weighted by molar-refractivity contribution is 7.99. The van der Waals surface area contributed by atoms with Crippen LogP contribution in [0.4, 0.5) is 0 Å². The van der Waals surface area contributed by atoms with E-state index in [2.05, 4.69) is 10.3 Å². The molecule has 0 bridgehead atoms. The molecule has 3 rings (SSSR count). The molecule has 1 aliphatic rings. The molecule has 1 heterocycles. The molecule has 1 N–H and O–H groups in total. The van der Waals surface area contributed by atoms with Crippen molar-refractivity contribution in [3.05, 3.63) is 34.1 Å². The van der Waals surface area contributed by atoms with Gasteiger partial charge in [-0.25, -0.2) is 4.98 Å². The third-order valence-corrected chi connectivity index (χ3v) is 5.27. The van der Waals surface area contributed by atoms with Gasteiger partial charge in [0.1, 0.15) is 0 Å². The van der Waals surface area contributed by atoms with Gasteiger partial charge in [-0.1, -0.05) is 36.2 Å². The lowest BCUT2D eigenvalue weighted by atomic mass is 10.2. The SMILES string of the molecule is Cc1ccc2nc(SCC(=O)NC3CCCC3)n(C)c(=O)c2c1. The van der Waals surface area contributed by atoms with E-state index in [-0.39, 0.29) is 17.2 Å². The lowest BCUT2D eigenvalue weighted by Gasteiger charge is -2.12. The van der Waals surface area contributed by atoms with Crippen molar-refractivity contribution in [2.24, 2.45) is 7.05 Å². The van der Waals surface area contributed by atoms with Crippen LogP contribution in [0, 0.1) is 6.92 Å². The maximum absolute atomic E-state index is 12.4. The number of aromatic nitrogens is 2. The van der Waals surface area contributed by atoms with Crippen LogP contribution in [0.3, 0.4) is 0 Å². The number of nitrogens with one attached hydrogen (secondary N) is 1. The number of carbonyl (C=O) groups excluding carboxylic acids is 1. The molecule has 5 nitrogen and oxygen atoms in total. The van der Waals surface area contributed by atoms with Crippen LogP contribution in [0.15, 0.2) is 28.2 Å².